The Balaban J connectivity index is 1.40. The van der Waals surface area contributed by atoms with Crippen molar-refractivity contribution in [3.05, 3.63) is 152 Å². The number of rotatable bonds is 4. The van der Waals surface area contributed by atoms with Gasteiger partial charge in [0.2, 0.25) is 0 Å². The third-order valence-electron chi connectivity index (χ3n) is 8.05. The van der Waals surface area contributed by atoms with Crippen molar-refractivity contribution in [2.75, 3.05) is 0 Å². The summed E-state index contributed by atoms with van der Waals surface area (Å²) in [7, 11) is 0. The highest BCUT2D eigenvalue weighted by Crippen LogP contribution is 2.45. The minimum atomic E-state index is 0.919. The molecular formula is C39H25N3. The molecule has 3 heterocycles. The van der Waals surface area contributed by atoms with E-state index < -0.39 is 0 Å². The molecule has 5 aromatic carbocycles. The first-order valence-corrected chi connectivity index (χ1v) is 14.1. The molecular weight excluding hydrogens is 510 g/mol. The van der Waals surface area contributed by atoms with Crippen LogP contribution in [0.3, 0.4) is 0 Å². The predicted molar refractivity (Wildman–Crippen MR) is 174 cm³/mol. The number of hydrogen-bond acceptors (Lipinski definition) is 3. The first kappa shape index (κ1) is 24.2. The maximum absolute atomic E-state index is 4.98. The summed E-state index contributed by atoms with van der Waals surface area (Å²) in [5, 5.41) is 7.18. The lowest BCUT2D eigenvalue weighted by Gasteiger charge is -2.19. The molecule has 0 saturated heterocycles. The molecule has 0 aliphatic rings. The summed E-state index contributed by atoms with van der Waals surface area (Å²) in [5.74, 6) is 0. The molecule has 0 aliphatic heterocycles. The van der Waals surface area contributed by atoms with Crippen molar-refractivity contribution < 1.29 is 0 Å². The van der Waals surface area contributed by atoms with E-state index >= 15 is 0 Å². The van der Waals surface area contributed by atoms with Gasteiger partial charge in [-0.3, -0.25) is 15.0 Å². The predicted octanol–water partition coefficient (Wildman–Crippen LogP) is 10.00. The van der Waals surface area contributed by atoms with Gasteiger partial charge in [0, 0.05) is 35.3 Å². The zero-order valence-corrected chi connectivity index (χ0v) is 22.8. The molecule has 8 aromatic rings. The third kappa shape index (κ3) is 3.94. The van der Waals surface area contributed by atoms with E-state index in [1.165, 1.54) is 43.4 Å². The second-order valence-corrected chi connectivity index (χ2v) is 10.4. The lowest BCUT2D eigenvalue weighted by Crippen LogP contribution is -1.94. The topological polar surface area (TPSA) is 38.7 Å². The van der Waals surface area contributed by atoms with E-state index in [1.54, 1.807) is 0 Å². The fraction of sp³-hybridized carbons (Fsp3) is 0. The lowest BCUT2D eigenvalue weighted by molar-refractivity contribution is 1.28. The minimum Gasteiger partial charge on any atom is -0.256 e. The zero-order chi connectivity index (χ0) is 27.9. The van der Waals surface area contributed by atoms with Gasteiger partial charge in [-0.15, -0.1) is 0 Å². The van der Waals surface area contributed by atoms with E-state index in [-0.39, 0.29) is 0 Å². The fourth-order valence-electron chi connectivity index (χ4n) is 6.18. The molecule has 3 nitrogen and oxygen atoms in total. The number of aromatic nitrogens is 3. The first-order chi connectivity index (χ1) is 20.9. The number of hydrogen-bond donors (Lipinski definition) is 0. The Morgan fingerprint density at radius 3 is 1.36 bits per heavy atom. The van der Waals surface area contributed by atoms with Crippen LogP contribution in [0.25, 0.3) is 77.2 Å². The van der Waals surface area contributed by atoms with Crippen molar-refractivity contribution >= 4 is 32.3 Å². The van der Waals surface area contributed by atoms with Crippen molar-refractivity contribution in [3.8, 4) is 44.9 Å². The molecule has 0 radical (unpaired) electrons. The van der Waals surface area contributed by atoms with E-state index in [4.69, 9.17) is 4.98 Å². The maximum Gasteiger partial charge on any atom is 0.0717 e. The van der Waals surface area contributed by atoms with Crippen LogP contribution in [0.2, 0.25) is 0 Å². The summed E-state index contributed by atoms with van der Waals surface area (Å²) in [6.07, 6.45) is 5.60. The Labute approximate surface area is 243 Å². The highest BCUT2D eigenvalue weighted by molar-refractivity contribution is 6.23. The van der Waals surface area contributed by atoms with Crippen LogP contribution in [-0.2, 0) is 0 Å². The second kappa shape index (κ2) is 10.1. The molecule has 0 fully saturated rings. The standard InChI is InChI=1S/C39H25N3/c1-2-12-28-27(11-1)29(36-18-8-10-24-41-36)20-21-34(28)38-30-13-3-5-15-32(30)39(33-16-6-4-14-31(33)38)37-22-19-26(25-42-37)35-17-7-9-23-40-35/h1-25H. The average molecular weight is 536 g/mol. The van der Waals surface area contributed by atoms with Gasteiger partial charge in [-0.1, -0.05) is 97.1 Å². The second-order valence-electron chi connectivity index (χ2n) is 10.4. The van der Waals surface area contributed by atoms with E-state index in [2.05, 4.69) is 113 Å². The molecule has 0 N–H and O–H groups in total. The molecule has 196 valence electrons. The Hall–Kier alpha value is -5.67. The summed E-state index contributed by atoms with van der Waals surface area (Å²) >= 11 is 0. The van der Waals surface area contributed by atoms with Crippen LogP contribution in [0.4, 0.5) is 0 Å². The Morgan fingerprint density at radius 2 is 0.810 bits per heavy atom. The number of fused-ring (bicyclic) bond motifs is 3. The van der Waals surface area contributed by atoms with E-state index in [0.717, 1.165) is 33.8 Å². The summed E-state index contributed by atoms with van der Waals surface area (Å²) in [6, 6.07) is 46.8. The summed E-state index contributed by atoms with van der Waals surface area (Å²) in [4.78, 5) is 14.1. The first-order valence-electron chi connectivity index (χ1n) is 14.1. The van der Waals surface area contributed by atoms with Gasteiger partial charge in [-0.25, -0.2) is 0 Å². The van der Waals surface area contributed by atoms with Gasteiger partial charge < -0.3 is 0 Å². The number of benzene rings is 5. The average Bonchev–Trinajstić information content (AvgIpc) is 3.08. The number of nitrogens with zero attached hydrogens (tertiary/aromatic N) is 3. The fourth-order valence-corrected chi connectivity index (χ4v) is 6.18. The Morgan fingerprint density at radius 1 is 0.310 bits per heavy atom. The SMILES string of the molecule is c1ccc(-c2ccc(-c3c4ccccc4c(-c4ccc(-c5ccccn5)c5ccccc45)c4ccccc34)nc2)nc1. The van der Waals surface area contributed by atoms with Gasteiger partial charge in [0.05, 0.1) is 17.1 Å². The van der Waals surface area contributed by atoms with E-state index in [1.807, 2.05) is 48.9 Å². The third-order valence-corrected chi connectivity index (χ3v) is 8.05. The van der Waals surface area contributed by atoms with Crippen LogP contribution in [-0.4, -0.2) is 15.0 Å². The van der Waals surface area contributed by atoms with Crippen LogP contribution in [0.5, 0.6) is 0 Å². The quantitative estimate of drug-likeness (QED) is 0.211. The summed E-state index contributed by atoms with van der Waals surface area (Å²) < 4.78 is 0. The van der Waals surface area contributed by atoms with Gasteiger partial charge >= 0.3 is 0 Å². The normalized spacial score (nSPS) is 11.3. The molecule has 8 rings (SSSR count). The Bertz CT molecular complexity index is 2170. The van der Waals surface area contributed by atoms with Crippen molar-refractivity contribution in [1.82, 2.24) is 15.0 Å². The highest BCUT2D eigenvalue weighted by Gasteiger charge is 2.19. The van der Waals surface area contributed by atoms with Crippen molar-refractivity contribution in [2.24, 2.45) is 0 Å². The summed E-state index contributed by atoms with van der Waals surface area (Å²) in [6.45, 7) is 0. The molecule has 0 atom stereocenters. The van der Waals surface area contributed by atoms with Crippen LogP contribution in [0, 0.1) is 0 Å². The molecule has 3 heteroatoms. The molecule has 0 spiro atoms. The molecule has 0 aliphatic carbocycles. The molecule has 3 aromatic heterocycles. The number of pyridine rings is 3. The van der Waals surface area contributed by atoms with Crippen molar-refractivity contribution in [1.29, 1.82) is 0 Å². The van der Waals surface area contributed by atoms with Crippen molar-refractivity contribution in [3.63, 3.8) is 0 Å². The monoisotopic (exact) mass is 535 g/mol. The summed E-state index contributed by atoms with van der Waals surface area (Å²) in [5.41, 5.74) is 8.58. The molecule has 0 bridgehead atoms. The van der Waals surface area contributed by atoms with E-state index in [0.29, 0.717) is 0 Å². The van der Waals surface area contributed by atoms with Gasteiger partial charge in [0.15, 0.2) is 0 Å². The van der Waals surface area contributed by atoms with Gasteiger partial charge in [0.1, 0.15) is 0 Å². The van der Waals surface area contributed by atoms with Crippen LogP contribution < -0.4 is 0 Å². The molecule has 0 unspecified atom stereocenters. The maximum atomic E-state index is 4.98. The van der Waals surface area contributed by atoms with Gasteiger partial charge in [0.25, 0.3) is 0 Å². The molecule has 0 amide bonds. The van der Waals surface area contributed by atoms with Crippen LogP contribution >= 0.6 is 0 Å². The Kier molecular flexibility index (Phi) is 5.79. The van der Waals surface area contributed by atoms with Gasteiger partial charge in [-0.05, 0) is 79.8 Å². The zero-order valence-electron chi connectivity index (χ0n) is 22.8. The molecule has 42 heavy (non-hydrogen) atoms. The minimum absolute atomic E-state index is 0.919. The van der Waals surface area contributed by atoms with Crippen molar-refractivity contribution in [2.45, 2.75) is 0 Å². The van der Waals surface area contributed by atoms with Crippen LogP contribution in [0.1, 0.15) is 0 Å². The lowest BCUT2D eigenvalue weighted by atomic mass is 9.85. The van der Waals surface area contributed by atoms with Crippen LogP contribution in [0.15, 0.2) is 152 Å². The van der Waals surface area contributed by atoms with Gasteiger partial charge in [-0.2, -0.15) is 0 Å². The van der Waals surface area contributed by atoms with E-state index in [9.17, 15) is 0 Å². The molecule has 0 saturated carbocycles. The largest absolute Gasteiger partial charge is 0.256 e. The highest BCUT2D eigenvalue weighted by atomic mass is 14.7. The smallest absolute Gasteiger partial charge is 0.0717 e.